The molecule has 5 heterocycles. The van der Waals surface area contributed by atoms with Crippen LogP contribution < -0.4 is 5.32 Å². The van der Waals surface area contributed by atoms with Crippen molar-refractivity contribution in [3.63, 3.8) is 0 Å². The van der Waals surface area contributed by atoms with Gasteiger partial charge in [0.15, 0.2) is 0 Å². The first-order valence-corrected chi connectivity index (χ1v) is 12.1. The number of fused-ring (bicyclic) bond motifs is 2. The van der Waals surface area contributed by atoms with Crippen molar-refractivity contribution >= 4 is 25.3 Å². The van der Waals surface area contributed by atoms with Gasteiger partial charge in [-0.05, 0) is 44.9 Å². The average Bonchev–Trinajstić information content (AvgIpc) is 3.17. The van der Waals surface area contributed by atoms with Gasteiger partial charge in [-0.15, -0.1) is 0 Å². The number of aryl methyl sites for hydroxylation is 2. The number of nitrogens with one attached hydrogen (secondary N) is 1. The lowest BCUT2D eigenvalue weighted by Crippen LogP contribution is -2.49. The van der Waals surface area contributed by atoms with E-state index in [1.165, 1.54) is 5.57 Å². The summed E-state index contributed by atoms with van der Waals surface area (Å²) in [6.45, 7) is 11.3. The number of nitrogens with zero attached hydrogens (tertiary/aromatic N) is 5. The van der Waals surface area contributed by atoms with Crippen molar-refractivity contribution in [3.8, 4) is 0 Å². The van der Waals surface area contributed by atoms with Gasteiger partial charge in [0, 0.05) is 43.3 Å². The first-order valence-electron chi connectivity index (χ1n) is 11.0. The molecule has 0 aliphatic carbocycles. The number of piperazine rings is 1. The van der Waals surface area contributed by atoms with Crippen molar-refractivity contribution in [2.24, 2.45) is 0 Å². The Bertz CT molecular complexity index is 1150. The standard InChI is InChI=1S/C23H29N6OP/c1-5-18-20-9-19(26-29(20)12-16(4)25-18)21-10-22(30)28-13-17(8-14(2)23(28)31-21)27-7-6-24-15(3)11-27/h8-10,12-13,15,23-24,31H,5-7,11H2,1-4H3/t15-,23?/m1/s1. The van der Waals surface area contributed by atoms with Gasteiger partial charge < -0.3 is 15.1 Å². The highest BCUT2D eigenvalue weighted by Crippen LogP contribution is 2.47. The summed E-state index contributed by atoms with van der Waals surface area (Å²) in [5.41, 5.74) is 6.27. The third kappa shape index (κ3) is 3.70. The molecule has 0 radical (unpaired) electrons. The summed E-state index contributed by atoms with van der Waals surface area (Å²) in [4.78, 5) is 22.1. The van der Waals surface area contributed by atoms with Crippen LogP contribution in [0.5, 0.6) is 0 Å². The van der Waals surface area contributed by atoms with E-state index in [1.807, 2.05) is 28.7 Å². The summed E-state index contributed by atoms with van der Waals surface area (Å²) in [7, 11) is 0.466. The zero-order valence-corrected chi connectivity index (χ0v) is 19.5. The monoisotopic (exact) mass is 436 g/mol. The summed E-state index contributed by atoms with van der Waals surface area (Å²) in [6.07, 6.45) is 8.88. The highest BCUT2D eigenvalue weighted by molar-refractivity contribution is 7.51. The molecular weight excluding hydrogens is 407 g/mol. The van der Waals surface area contributed by atoms with Crippen molar-refractivity contribution in [3.05, 3.63) is 59.0 Å². The molecule has 1 N–H and O–H groups in total. The zero-order valence-electron chi connectivity index (χ0n) is 18.5. The first-order chi connectivity index (χ1) is 14.9. The second-order valence-corrected chi connectivity index (χ2v) is 10.0. The molecule has 0 bridgehead atoms. The molecule has 3 aliphatic heterocycles. The molecule has 31 heavy (non-hydrogen) atoms. The second-order valence-electron chi connectivity index (χ2n) is 8.64. The summed E-state index contributed by atoms with van der Waals surface area (Å²) >= 11 is 0. The Hall–Kier alpha value is -2.50. The van der Waals surface area contributed by atoms with Gasteiger partial charge in [-0.2, -0.15) is 5.10 Å². The fourth-order valence-electron chi connectivity index (χ4n) is 4.61. The molecule has 2 aromatic heterocycles. The van der Waals surface area contributed by atoms with E-state index < -0.39 is 0 Å². The predicted molar refractivity (Wildman–Crippen MR) is 125 cm³/mol. The van der Waals surface area contributed by atoms with Crippen LogP contribution >= 0.6 is 8.58 Å². The van der Waals surface area contributed by atoms with E-state index >= 15 is 0 Å². The largest absolute Gasteiger partial charge is 0.368 e. The third-order valence-corrected chi connectivity index (χ3v) is 7.89. The fourth-order valence-corrected chi connectivity index (χ4v) is 6.03. The van der Waals surface area contributed by atoms with Crippen LogP contribution in [0.25, 0.3) is 10.8 Å². The molecule has 1 saturated heterocycles. The average molecular weight is 437 g/mol. The molecule has 7 nitrogen and oxygen atoms in total. The maximum atomic E-state index is 13.1. The summed E-state index contributed by atoms with van der Waals surface area (Å²) < 4.78 is 1.91. The number of hydrogen-bond acceptors (Lipinski definition) is 5. The van der Waals surface area contributed by atoms with E-state index in [1.54, 1.807) is 6.08 Å². The Balaban J connectivity index is 1.47. The van der Waals surface area contributed by atoms with Crippen molar-refractivity contribution in [2.75, 3.05) is 19.6 Å². The quantitative estimate of drug-likeness (QED) is 0.750. The Kier molecular flexibility index (Phi) is 5.19. The molecule has 3 atom stereocenters. The van der Waals surface area contributed by atoms with Crippen LogP contribution in [-0.2, 0) is 11.2 Å². The highest BCUT2D eigenvalue weighted by atomic mass is 31.1. The molecule has 3 aliphatic rings. The van der Waals surface area contributed by atoms with Crippen LogP contribution in [0.2, 0.25) is 0 Å². The van der Waals surface area contributed by atoms with E-state index in [0.717, 1.165) is 59.7 Å². The third-order valence-electron chi connectivity index (χ3n) is 6.17. The molecule has 2 aromatic rings. The normalized spacial score (nSPS) is 24.9. The summed E-state index contributed by atoms with van der Waals surface area (Å²) in [5, 5.41) is 9.30. The molecule has 1 fully saturated rings. The van der Waals surface area contributed by atoms with Crippen LogP contribution in [0.15, 0.2) is 41.9 Å². The van der Waals surface area contributed by atoms with Crippen LogP contribution in [0, 0.1) is 6.92 Å². The molecule has 8 heteroatoms. The van der Waals surface area contributed by atoms with E-state index in [-0.39, 0.29) is 11.7 Å². The van der Waals surface area contributed by atoms with Gasteiger partial charge in [0.2, 0.25) is 0 Å². The van der Waals surface area contributed by atoms with E-state index in [4.69, 9.17) is 5.10 Å². The van der Waals surface area contributed by atoms with Crippen LogP contribution in [0.3, 0.4) is 0 Å². The van der Waals surface area contributed by atoms with Gasteiger partial charge in [0.1, 0.15) is 0 Å². The van der Waals surface area contributed by atoms with Crippen molar-refractivity contribution in [1.29, 1.82) is 0 Å². The lowest BCUT2D eigenvalue weighted by molar-refractivity contribution is -0.124. The van der Waals surface area contributed by atoms with Crippen molar-refractivity contribution in [2.45, 2.75) is 45.9 Å². The topological polar surface area (TPSA) is 65.8 Å². The minimum absolute atomic E-state index is 0.0361. The van der Waals surface area contributed by atoms with Gasteiger partial charge in [-0.25, -0.2) is 4.52 Å². The molecule has 2 unspecified atom stereocenters. The minimum atomic E-state index is 0.0361. The van der Waals surface area contributed by atoms with Crippen LogP contribution in [0.1, 0.15) is 37.9 Å². The fraction of sp³-hybridized carbons (Fsp3) is 0.435. The molecule has 162 valence electrons. The van der Waals surface area contributed by atoms with Gasteiger partial charge in [-0.1, -0.05) is 15.5 Å². The number of amides is 1. The van der Waals surface area contributed by atoms with Crippen molar-refractivity contribution < 1.29 is 4.79 Å². The van der Waals surface area contributed by atoms with E-state index in [9.17, 15) is 4.79 Å². The Morgan fingerprint density at radius 3 is 2.90 bits per heavy atom. The number of carbonyl (C=O) groups is 1. The lowest BCUT2D eigenvalue weighted by Gasteiger charge is -2.40. The molecule has 0 spiro atoms. The number of allylic oxidation sites excluding steroid dienone is 1. The molecule has 5 rings (SSSR count). The Morgan fingerprint density at radius 2 is 2.13 bits per heavy atom. The van der Waals surface area contributed by atoms with Crippen molar-refractivity contribution in [1.82, 2.24) is 29.7 Å². The lowest BCUT2D eigenvalue weighted by atomic mass is 10.1. The number of carbonyl (C=O) groups excluding carboxylic acids is 1. The maximum absolute atomic E-state index is 13.1. The number of rotatable bonds is 3. The molecular formula is C23H29N6OP. The second kappa shape index (κ2) is 7.88. The van der Waals surface area contributed by atoms with Gasteiger partial charge >= 0.3 is 0 Å². The van der Waals surface area contributed by atoms with Gasteiger partial charge in [-0.3, -0.25) is 9.78 Å². The Morgan fingerprint density at radius 1 is 1.29 bits per heavy atom. The summed E-state index contributed by atoms with van der Waals surface area (Å²) in [6, 6.07) is 2.53. The zero-order chi connectivity index (χ0) is 21.7. The molecule has 0 saturated carbocycles. The van der Waals surface area contributed by atoms with Crippen LogP contribution in [0.4, 0.5) is 0 Å². The highest BCUT2D eigenvalue weighted by Gasteiger charge is 2.33. The first kappa shape index (κ1) is 20.4. The minimum Gasteiger partial charge on any atom is -0.368 e. The molecule has 1 amide bonds. The number of hydrogen-bond donors (Lipinski definition) is 1. The van der Waals surface area contributed by atoms with Gasteiger partial charge in [0.05, 0.1) is 40.3 Å². The van der Waals surface area contributed by atoms with E-state index in [0.29, 0.717) is 14.6 Å². The Labute approximate surface area is 184 Å². The van der Waals surface area contributed by atoms with Gasteiger partial charge in [0.25, 0.3) is 5.91 Å². The maximum Gasteiger partial charge on any atom is 0.252 e. The summed E-state index contributed by atoms with van der Waals surface area (Å²) in [5.74, 6) is 0.112. The van der Waals surface area contributed by atoms with E-state index in [2.05, 4.69) is 48.1 Å². The predicted octanol–water partition coefficient (Wildman–Crippen LogP) is 2.88. The number of aromatic nitrogens is 3. The van der Waals surface area contributed by atoms with Crippen LogP contribution in [-0.4, -0.2) is 61.8 Å². The molecule has 0 aromatic carbocycles. The SMILES string of the molecule is CCc1nc(C)cn2nc(C3=CC(=O)N4C=C(N5CCN[C@H](C)C5)C=C(C)C4P3)cc12. The smallest absolute Gasteiger partial charge is 0.252 e.